The van der Waals surface area contributed by atoms with Crippen LogP contribution in [0.5, 0.6) is 0 Å². The molecule has 0 aliphatic carbocycles. The van der Waals surface area contributed by atoms with Crippen LogP contribution >= 0.6 is 0 Å². The summed E-state index contributed by atoms with van der Waals surface area (Å²) in [5.74, 6) is -0.796. The molecule has 1 saturated heterocycles. The number of amides is 2. The Balaban J connectivity index is 1.41. The predicted molar refractivity (Wildman–Crippen MR) is 122 cm³/mol. The second-order valence-corrected chi connectivity index (χ2v) is 7.64. The van der Waals surface area contributed by atoms with Gasteiger partial charge in [0.2, 0.25) is 5.91 Å². The molecule has 1 aliphatic heterocycles. The minimum absolute atomic E-state index is 0.00973. The van der Waals surface area contributed by atoms with Gasteiger partial charge in [-0.15, -0.1) is 0 Å². The number of likely N-dealkylation sites (tertiary alicyclic amines) is 1. The van der Waals surface area contributed by atoms with Gasteiger partial charge in [-0.05, 0) is 66.9 Å². The fourth-order valence-corrected chi connectivity index (χ4v) is 3.62. The number of nitrogens with one attached hydrogen (secondary N) is 1. The normalized spacial score (nSPS) is 15.1. The molecule has 2 aromatic carbocycles. The molecule has 32 heavy (non-hydrogen) atoms. The van der Waals surface area contributed by atoms with E-state index in [4.69, 9.17) is 5.73 Å². The highest BCUT2D eigenvalue weighted by molar-refractivity contribution is 6.05. The van der Waals surface area contributed by atoms with Crippen molar-refractivity contribution in [3.8, 4) is 0 Å². The maximum atomic E-state index is 13.2. The molecule has 6 nitrogen and oxygen atoms in total. The average molecular weight is 430 g/mol. The molecule has 4 rings (SSSR count). The summed E-state index contributed by atoms with van der Waals surface area (Å²) in [5.41, 5.74) is 9.16. The Bertz CT molecular complexity index is 1160. The monoisotopic (exact) mass is 430 g/mol. The fourth-order valence-electron chi connectivity index (χ4n) is 3.62. The van der Waals surface area contributed by atoms with Crippen LogP contribution < -0.4 is 11.1 Å². The molecule has 0 saturated carbocycles. The number of nitrogen functional groups attached to an aromatic ring is 1. The van der Waals surface area contributed by atoms with Gasteiger partial charge in [0.1, 0.15) is 5.82 Å². The molecule has 2 amide bonds. The lowest BCUT2D eigenvalue weighted by Gasteiger charge is -2.28. The van der Waals surface area contributed by atoms with E-state index in [1.807, 2.05) is 41.3 Å². The first kappa shape index (κ1) is 21.2. The Morgan fingerprint density at radius 1 is 1.16 bits per heavy atom. The van der Waals surface area contributed by atoms with Gasteiger partial charge in [-0.2, -0.15) is 0 Å². The number of hydrogen-bond donors (Lipinski definition) is 2. The van der Waals surface area contributed by atoms with E-state index in [9.17, 15) is 14.0 Å². The zero-order chi connectivity index (χ0) is 22.5. The Morgan fingerprint density at radius 2 is 1.97 bits per heavy atom. The molecule has 0 radical (unpaired) electrons. The summed E-state index contributed by atoms with van der Waals surface area (Å²) in [4.78, 5) is 31.5. The van der Waals surface area contributed by atoms with Gasteiger partial charge in [0.25, 0.3) is 5.91 Å². The van der Waals surface area contributed by atoms with Crippen molar-refractivity contribution in [2.24, 2.45) is 0 Å². The van der Waals surface area contributed by atoms with Crippen molar-refractivity contribution in [1.82, 2.24) is 9.88 Å². The topological polar surface area (TPSA) is 88.3 Å². The number of hydrogen-bond acceptors (Lipinski definition) is 4. The summed E-state index contributed by atoms with van der Waals surface area (Å²) in [6.45, 7) is 1.15. The first-order valence-electron chi connectivity index (χ1n) is 10.4. The van der Waals surface area contributed by atoms with Gasteiger partial charge < -0.3 is 16.0 Å². The molecule has 1 aromatic heterocycles. The first-order chi connectivity index (χ1) is 15.5. The SMILES string of the molecule is Nc1cc(F)ccc1NC(=O)c1ccc(CN2CCCC(=Cc3ccccn3)C2=O)cc1. The number of pyridine rings is 1. The summed E-state index contributed by atoms with van der Waals surface area (Å²) in [6, 6.07) is 16.5. The number of nitrogens with two attached hydrogens (primary N) is 1. The fraction of sp³-hybridized carbons (Fsp3) is 0.160. The van der Waals surface area contributed by atoms with Gasteiger partial charge in [0.15, 0.2) is 0 Å². The molecule has 0 bridgehead atoms. The van der Waals surface area contributed by atoms with Crippen molar-refractivity contribution in [2.75, 3.05) is 17.6 Å². The Kier molecular flexibility index (Phi) is 6.26. The maximum Gasteiger partial charge on any atom is 0.255 e. The lowest BCUT2D eigenvalue weighted by molar-refractivity contribution is -0.129. The molecular weight excluding hydrogens is 407 g/mol. The number of carbonyl (C=O) groups excluding carboxylic acids is 2. The lowest BCUT2D eigenvalue weighted by atomic mass is 10.0. The first-order valence-corrected chi connectivity index (χ1v) is 10.4. The number of rotatable bonds is 5. The highest BCUT2D eigenvalue weighted by Crippen LogP contribution is 2.23. The van der Waals surface area contributed by atoms with Crippen LogP contribution in [0.2, 0.25) is 0 Å². The predicted octanol–water partition coefficient (Wildman–Crippen LogP) is 4.26. The minimum atomic E-state index is -0.463. The van der Waals surface area contributed by atoms with E-state index in [0.29, 0.717) is 24.3 Å². The van der Waals surface area contributed by atoms with Crippen LogP contribution in [-0.4, -0.2) is 28.2 Å². The number of aromatic nitrogens is 1. The second kappa shape index (κ2) is 9.43. The molecule has 2 heterocycles. The van der Waals surface area contributed by atoms with Gasteiger partial charge in [-0.25, -0.2) is 4.39 Å². The van der Waals surface area contributed by atoms with Crippen LogP contribution in [0.3, 0.4) is 0 Å². The third-order valence-corrected chi connectivity index (χ3v) is 5.30. The van der Waals surface area contributed by atoms with Gasteiger partial charge in [0.05, 0.1) is 17.1 Å². The lowest BCUT2D eigenvalue weighted by Crippen LogP contribution is -2.36. The zero-order valence-electron chi connectivity index (χ0n) is 17.4. The van der Waals surface area contributed by atoms with E-state index in [1.54, 1.807) is 18.3 Å². The van der Waals surface area contributed by atoms with Crippen LogP contribution in [0.4, 0.5) is 15.8 Å². The van der Waals surface area contributed by atoms with E-state index in [-0.39, 0.29) is 17.5 Å². The molecule has 162 valence electrons. The molecule has 3 N–H and O–H groups in total. The van der Waals surface area contributed by atoms with Crippen LogP contribution in [0, 0.1) is 5.82 Å². The van der Waals surface area contributed by atoms with Crippen LogP contribution in [0.25, 0.3) is 6.08 Å². The van der Waals surface area contributed by atoms with Crippen molar-refractivity contribution < 1.29 is 14.0 Å². The molecule has 7 heteroatoms. The highest BCUT2D eigenvalue weighted by Gasteiger charge is 2.23. The van der Waals surface area contributed by atoms with Crippen LogP contribution in [-0.2, 0) is 11.3 Å². The largest absolute Gasteiger partial charge is 0.397 e. The van der Waals surface area contributed by atoms with Crippen LogP contribution in [0.15, 0.2) is 72.4 Å². The smallest absolute Gasteiger partial charge is 0.255 e. The standard InChI is InChI=1S/C25H23FN4O2/c26-20-10-11-23(22(27)15-20)29-24(31)18-8-6-17(7-9-18)16-30-13-3-4-19(25(30)32)14-21-5-1-2-12-28-21/h1-2,5-12,14-15H,3-4,13,16,27H2,(H,29,31). The van der Waals surface area contributed by atoms with Gasteiger partial charge >= 0.3 is 0 Å². The zero-order valence-corrected chi connectivity index (χ0v) is 17.4. The van der Waals surface area contributed by atoms with Gasteiger partial charge in [0, 0.05) is 30.4 Å². The van der Waals surface area contributed by atoms with E-state index >= 15 is 0 Å². The molecule has 1 aliphatic rings. The molecule has 1 fully saturated rings. The van der Waals surface area contributed by atoms with Crippen molar-refractivity contribution in [3.63, 3.8) is 0 Å². The van der Waals surface area contributed by atoms with Crippen molar-refractivity contribution >= 4 is 29.3 Å². The maximum absolute atomic E-state index is 13.2. The second-order valence-electron chi connectivity index (χ2n) is 7.64. The number of benzene rings is 2. The Hall–Kier alpha value is -4.00. The number of anilines is 2. The number of carbonyl (C=O) groups is 2. The Morgan fingerprint density at radius 3 is 2.69 bits per heavy atom. The average Bonchev–Trinajstić information content (AvgIpc) is 2.79. The van der Waals surface area contributed by atoms with Gasteiger partial charge in [-0.3, -0.25) is 14.6 Å². The van der Waals surface area contributed by atoms with E-state index in [1.165, 1.54) is 12.1 Å². The van der Waals surface area contributed by atoms with Crippen molar-refractivity contribution in [3.05, 3.63) is 95.1 Å². The number of nitrogens with zero attached hydrogens (tertiary/aromatic N) is 2. The van der Waals surface area contributed by atoms with Crippen molar-refractivity contribution in [2.45, 2.75) is 19.4 Å². The quantitative estimate of drug-likeness (QED) is 0.468. The summed E-state index contributed by atoms with van der Waals surface area (Å²) in [5, 5.41) is 2.68. The summed E-state index contributed by atoms with van der Waals surface area (Å²) in [7, 11) is 0. The highest BCUT2D eigenvalue weighted by atomic mass is 19.1. The van der Waals surface area contributed by atoms with E-state index in [2.05, 4.69) is 10.3 Å². The molecule has 0 atom stereocenters. The van der Waals surface area contributed by atoms with E-state index in [0.717, 1.165) is 35.7 Å². The van der Waals surface area contributed by atoms with E-state index < -0.39 is 5.82 Å². The minimum Gasteiger partial charge on any atom is -0.397 e. The number of halogens is 1. The molecule has 0 spiro atoms. The summed E-state index contributed by atoms with van der Waals surface area (Å²) >= 11 is 0. The molecule has 3 aromatic rings. The molecular formula is C25H23FN4O2. The molecule has 0 unspecified atom stereocenters. The summed E-state index contributed by atoms with van der Waals surface area (Å²) < 4.78 is 13.2. The van der Waals surface area contributed by atoms with Gasteiger partial charge in [-0.1, -0.05) is 18.2 Å². The van der Waals surface area contributed by atoms with Crippen molar-refractivity contribution in [1.29, 1.82) is 0 Å². The number of piperidine rings is 1. The Labute approximate surface area is 185 Å². The van der Waals surface area contributed by atoms with Crippen LogP contribution in [0.1, 0.15) is 34.5 Å². The third-order valence-electron chi connectivity index (χ3n) is 5.30. The third kappa shape index (κ3) is 5.00. The summed E-state index contributed by atoms with van der Waals surface area (Å²) in [6.07, 6.45) is 5.18.